The summed E-state index contributed by atoms with van der Waals surface area (Å²) < 4.78 is 5.09. The molecule has 1 aromatic carbocycles. The summed E-state index contributed by atoms with van der Waals surface area (Å²) in [7, 11) is 0. The van der Waals surface area contributed by atoms with Gasteiger partial charge in [0, 0.05) is 0 Å². The number of nitrogens with two attached hydrogens (primary N) is 1. The summed E-state index contributed by atoms with van der Waals surface area (Å²) >= 11 is 0. The summed E-state index contributed by atoms with van der Waals surface area (Å²) in [6.45, 7) is 0.00793. The summed E-state index contributed by atoms with van der Waals surface area (Å²) in [5.74, 6) is -1.90. The number of carbonyl (C=O) groups excluding carboxylic acids is 2. The SMILES string of the molecule is NC(=O)[C@@H]1CC[C@H](C(=O)O)N1C(=O)OCc1ccccc1. The van der Waals surface area contributed by atoms with E-state index in [1.165, 1.54) is 0 Å². The van der Waals surface area contributed by atoms with Crippen molar-refractivity contribution in [3.8, 4) is 0 Å². The number of likely N-dealkylation sites (tertiary alicyclic amines) is 1. The van der Waals surface area contributed by atoms with Crippen molar-refractivity contribution in [2.75, 3.05) is 0 Å². The molecular weight excluding hydrogens is 276 g/mol. The summed E-state index contributed by atoms with van der Waals surface area (Å²) in [5.41, 5.74) is 5.99. The van der Waals surface area contributed by atoms with Crippen LogP contribution in [0.5, 0.6) is 0 Å². The van der Waals surface area contributed by atoms with Gasteiger partial charge in [-0.2, -0.15) is 0 Å². The highest BCUT2D eigenvalue weighted by Crippen LogP contribution is 2.25. The highest BCUT2D eigenvalue weighted by Gasteiger charge is 2.44. The second kappa shape index (κ2) is 6.25. The third-order valence-corrected chi connectivity index (χ3v) is 3.41. The Labute approximate surface area is 121 Å². The molecule has 21 heavy (non-hydrogen) atoms. The standard InChI is InChI=1S/C14H16N2O5/c15-12(17)10-6-7-11(13(18)19)16(10)14(20)21-8-9-4-2-1-3-5-9/h1-5,10-11H,6-8H2,(H2,15,17)(H,18,19)/t10-,11+/m0/s1. The number of primary amides is 1. The molecule has 0 saturated carbocycles. The van der Waals surface area contributed by atoms with E-state index in [-0.39, 0.29) is 19.4 Å². The van der Waals surface area contributed by atoms with E-state index in [4.69, 9.17) is 15.6 Å². The van der Waals surface area contributed by atoms with Gasteiger partial charge in [-0.25, -0.2) is 9.59 Å². The monoisotopic (exact) mass is 292 g/mol. The second-order valence-electron chi connectivity index (χ2n) is 4.80. The summed E-state index contributed by atoms with van der Waals surface area (Å²) in [5, 5.41) is 9.12. The van der Waals surface area contributed by atoms with E-state index in [0.29, 0.717) is 0 Å². The van der Waals surface area contributed by atoms with Gasteiger partial charge in [-0.15, -0.1) is 0 Å². The number of carboxylic acid groups (broad SMARTS) is 1. The van der Waals surface area contributed by atoms with Gasteiger partial charge in [0.1, 0.15) is 18.7 Å². The van der Waals surface area contributed by atoms with Crippen LogP contribution in [-0.2, 0) is 20.9 Å². The third kappa shape index (κ3) is 3.31. The Bertz CT molecular complexity index is 524. The smallest absolute Gasteiger partial charge is 0.411 e. The molecule has 1 fully saturated rings. The van der Waals surface area contributed by atoms with E-state index in [9.17, 15) is 14.4 Å². The fourth-order valence-corrected chi connectivity index (χ4v) is 2.38. The summed E-state index contributed by atoms with van der Waals surface area (Å²) in [6, 6.07) is 6.96. The number of benzene rings is 1. The van der Waals surface area contributed by atoms with Crippen molar-refractivity contribution >= 4 is 18.0 Å². The first-order valence-corrected chi connectivity index (χ1v) is 6.52. The van der Waals surface area contributed by atoms with Crippen LogP contribution in [0, 0.1) is 0 Å². The first-order valence-electron chi connectivity index (χ1n) is 6.52. The Kier molecular flexibility index (Phi) is 4.42. The van der Waals surface area contributed by atoms with Crippen LogP contribution in [-0.4, -0.2) is 40.1 Å². The van der Waals surface area contributed by atoms with E-state index in [1.54, 1.807) is 24.3 Å². The minimum Gasteiger partial charge on any atom is -0.480 e. The van der Waals surface area contributed by atoms with Crippen LogP contribution < -0.4 is 5.73 Å². The van der Waals surface area contributed by atoms with Crippen LogP contribution in [0.25, 0.3) is 0 Å². The predicted octanol–water partition coefficient (Wildman–Crippen LogP) is 0.726. The number of nitrogens with zero attached hydrogens (tertiary/aromatic N) is 1. The third-order valence-electron chi connectivity index (χ3n) is 3.41. The predicted molar refractivity (Wildman–Crippen MR) is 72.1 cm³/mol. The number of hydrogen-bond donors (Lipinski definition) is 2. The van der Waals surface area contributed by atoms with Gasteiger partial charge in [0.15, 0.2) is 0 Å². The normalized spacial score (nSPS) is 21.0. The van der Waals surface area contributed by atoms with Crippen molar-refractivity contribution < 1.29 is 24.2 Å². The number of carbonyl (C=O) groups is 3. The lowest BCUT2D eigenvalue weighted by Gasteiger charge is -2.25. The van der Waals surface area contributed by atoms with Crippen molar-refractivity contribution in [1.82, 2.24) is 4.90 Å². The molecule has 1 saturated heterocycles. The number of aliphatic carboxylic acids is 1. The number of hydrogen-bond acceptors (Lipinski definition) is 4. The molecule has 0 aliphatic carbocycles. The lowest BCUT2D eigenvalue weighted by molar-refractivity contribution is -0.142. The first-order chi connectivity index (χ1) is 10.0. The zero-order valence-corrected chi connectivity index (χ0v) is 11.3. The number of amides is 2. The average molecular weight is 292 g/mol. The molecule has 0 bridgehead atoms. The van der Waals surface area contributed by atoms with Crippen LogP contribution >= 0.6 is 0 Å². The van der Waals surface area contributed by atoms with Crippen LogP contribution in [0.4, 0.5) is 4.79 Å². The number of ether oxygens (including phenoxy) is 1. The fraction of sp³-hybridized carbons (Fsp3) is 0.357. The zero-order valence-electron chi connectivity index (χ0n) is 11.3. The molecular formula is C14H16N2O5. The van der Waals surface area contributed by atoms with Gasteiger partial charge in [-0.05, 0) is 18.4 Å². The van der Waals surface area contributed by atoms with Gasteiger partial charge < -0.3 is 15.6 Å². The molecule has 0 unspecified atom stereocenters. The molecule has 1 aliphatic heterocycles. The average Bonchev–Trinajstić information content (AvgIpc) is 2.91. The van der Waals surface area contributed by atoms with E-state index >= 15 is 0 Å². The maximum atomic E-state index is 12.1. The van der Waals surface area contributed by atoms with E-state index in [2.05, 4.69) is 0 Å². The lowest BCUT2D eigenvalue weighted by Crippen LogP contribution is -2.49. The van der Waals surface area contributed by atoms with Gasteiger partial charge in [0.2, 0.25) is 5.91 Å². The highest BCUT2D eigenvalue weighted by molar-refractivity contribution is 5.89. The second-order valence-corrected chi connectivity index (χ2v) is 4.80. The van der Waals surface area contributed by atoms with Gasteiger partial charge in [0.25, 0.3) is 0 Å². The van der Waals surface area contributed by atoms with Crippen LogP contribution in [0.2, 0.25) is 0 Å². The maximum Gasteiger partial charge on any atom is 0.411 e. The van der Waals surface area contributed by atoms with Crippen LogP contribution in [0.3, 0.4) is 0 Å². The molecule has 112 valence electrons. The summed E-state index contributed by atoms with van der Waals surface area (Å²) in [4.78, 5) is 35.5. The molecule has 2 amide bonds. The molecule has 1 heterocycles. The molecule has 7 nitrogen and oxygen atoms in total. The van der Waals surface area contributed by atoms with Gasteiger partial charge in [0.05, 0.1) is 0 Å². The Morgan fingerprint density at radius 1 is 1.19 bits per heavy atom. The molecule has 7 heteroatoms. The molecule has 1 aliphatic rings. The molecule has 0 spiro atoms. The Balaban J connectivity index is 2.06. The highest BCUT2D eigenvalue weighted by atomic mass is 16.6. The maximum absolute atomic E-state index is 12.1. The molecule has 0 aromatic heterocycles. The molecule has 1 aromatic rings. The van der Waals surface area contributed by atoms with E-state index < -0.39 is 30.1 Å². The van der Waals surface area contributed by atoms with Crippen molar-refractivity contribution in [1.29, 1.82) is 0 Å². The fourth-order valence-electron chi connectivity index (χ4n) is 2.38. The van der Waals surface area contributed by atoms with Gasteiger partial charge in [-0.3, -0.25) is 9.69 Å². The largest absolute Gasteiger partial charge is 0.480 e. The first kappa shape index (κ1) is 14.8. The Morgan fingerprint density at radius 2 is 1.81 bits per heavy atom. The van der Waals surface area contributed by atoms with Crippen molar-refractivity contribution in [3.63, 3.8) is 0 Å². The summed E-state index contributed by atoms with van der Waals surface area (Å²) in [6.07, 6.45) is -0.427. The van der Waals surface area contributed by atoms with Crippen LogP contribution in [0.15, 0.2) is 30.3 Å². The van der Waals surface area contributed by atoms with Gasteiger partial charge >= 0.3 is 12.1 Å². The Hall–Kier alpha value is -2.57. The molecule has 2 atom stereocenters. The Morgan fingerprint density at radius 3 is 2.38 bits per heavy atom. The van der Waals surface area contributed by atoms with Crippen molar-refractivity contribution in [2.45, 2.75) is 31.5 Å². The number of carboxylic acids is 1. The zero-order chi connectivity index (χ0) is 15.4. The van der Waals surface area contributed by atoms with E-state index in [1.807, 2.05) is 6.07 Å². The minimum atomic E-state index is -1.17. The van der Waals surface area contributed by atoms with Crippen LogP contribution in [0.1, 0.15) is 18.4 Å². The molecule has 0 radical (unpaired) electrons. The molecule has 2 rings (SSSR count). The van der Waals surface area contributed by atoms with Gasteiger partial charge in [-0.1, -0.05) is 30.3 Å². The van der Waals surface area contributed by atoms with E-state index in [0.717, 1.165) is 10.5 Å². The van der Waals surface area contributed by atoms with Crippen molar-refractivity contribution in [2.24, 2.45) is 5.73 Å². The number of rotatable bonds is 4. The minimum absolute atomic E-state index is 0.00793. The molecule has 3 N–H and O–H groups in total. The topological polar surface area (TPSA) is 110 Å². The quantitative estimate of drug-likeness (QED) is 0.850. The lowest BCUT2D eigenvalue weighted by atomic mass is 10.2. The van der Waals surface area contributed by atoms with Crippen molar-refractivity contribution in [3.05, 3.63) is 35.9 Å².